The summed E-state index contributed by atoms with van der Waals surface area (Å²) in [4.78, 5) is 34.3. The summed E-state index contributed by atoms with van der Waals surface area (Å²) in [5.74, 6) is -0.555. The van der Waals surface area contributed by atoms with Crippen LogP contribution >= 0.6 is 0 Å². The summed E-state index contributed by atoms with van der Waals surface area (Å²) in [6.45, 7) is 3.64. The molecule has 7 heteroatoms. The lowest BCUT2D eigenvalue weighted by Crippen LogP contribution is -2.45. The molecule has 1 aromatic carbocycles. The Labute approximate surface area is 152 Å². The summed E-state index contributed by atoms with van der Waals surface area (Å²) in [6, 6.07) is 6.01. The van der Waals surface area contributed by atoms with Crippen LogP contribution in [0.4, 0.5) is 5.69 Å². The first-order valence-corrected chi connectivity index (χ1v) is 8.80. The second-order valence-electron chi connectivity index (χ2n) is 6.64. The standard InChI is InChI=1S/C19H24N2O5/c1-13-6-3-4-9-17(13)20-19(23)14(2)26-18(22)11-10-15-7-5-8-16(12-15)21(24)25/h5,7-8,10-14,17H,3-4,6,9H2,1-2H3,(H,20,23)/b11-10+/t13-,14-,17-/m1/s1. The predicted molar refractivity (Wildman–Crippen MR) is 97.2 cm³/mol. The highest BCUT2D eigenvalue weighted by atomic mass is 16.6. The number of hydrogen-bond acceptors (Lipinski definition) is 5. The number of carbonyl (C=O) groups is 2. The molecule has 1 aliphatic rings. The Morgan fingerprint density at radius 3 is 2.77 bits per heavy atom. The summed E-state index contributed by atoms with van der Waals surface area (Å²) >= 11 is 0. The van der Waals surface area contributed by atoms with Crippen molar-refractivity contribution in [3.8, 4) is 0 Å². The normalized spacial score (nSPS) is 21.2. The van der Waals surface area contributed by atoms with Gasteiger partial charge in [0.05, 0.1) is 4.92 Å². The number of hydrogen-bond donors (Lipinski definition) is 1. The third kappa shape index (κ3) is 5.68. The van der Waals surface area contributed by atoms with E-state index in [0.29, 0.717) is 11.5 Å². The molecule has 0 bridgehead atoms. The molecule has 26 heavy (non-hydrogen) atoms. The first-order chi connectivity index (χ1) is 12.4. The number of nitrogens with one attached hydrogen (secondary N) is 1. The van der Waals surface area contributed by atoms with Gasteiger partial charge in [0.1, 0.15) is 0 Å². The van der Waals surface area contributed by atoms with Gasteiger partial charge in [0.15, 0.2) is 6.10 Å². The van der Waals surface area contributed by atoms with E-state index >= 15 is 0 Å². The van der Waals surface area contributed by atoms with E-state index in [4.69, 9.17) is 4.74 Å². The number of ether oxygens (including phenoxy) is 1. The Morgan fingerprint density at radius 1 is 1.35 bits per heavy atom. The Balaban J connectivity index is 1.87. The van der Waals surface area contributed by atoms with Gasteiger partial charge in [0, 0.05) is 24.3 Å². The minimum absolute atomic E-state index is 0.0603. The molecule has 0 aliphatic heterocycles. The largest absolute Gasteiger partial charge is 0.449 e. The highest BCUT2D eigenvalue weighted by Gasteiger charge is 2.25. The van der Waals surface area contributed by atoms with E-state index in [1.807, 2.05) is 0 Å². The van der Waals surface area contributed by atoms with E-state index in [1.54, 1.807) is 6.07 Å². The minimum Gasteiger partial charge on any atom is -0.449 e. The number of esters is 1. The van der Waals surface area contributed by atoms with Crippen LogP contribution in [0.5, 0.6) is 0 Å². The molecular formula is C19H24N2O5. The first kappa shape index (κ1) is 19.6. The maximum Gasteiger partial charge on any atom is 0.331 e. The van der Waals surface area contributed by atoms with Crippen molar-refractivity contribution in [3.05, 3.63) is 46.0 Å². The van der Waals surface area contributed by atoms with Gasteiger partial charge in [-0.05, 0) is 37.3 Å². The van der Waals surface area contributed by atoms with Crippen molar-refractivity contribution in [2.24, 2.45) is 5.92 Å². The second kappa shape index (κ2) is 9.12. The van der Waals surface area contributed by atoms with Gasteiger partial charge in [-0.1, -0.05) is 31.9 Å². The van der Waals surface area contributed by atoms with E-state index in [2.05, 4.69) is 12.2 Å². The summed E-state index contributed by atoms with van der Waals surface area (Å²) in [5.41, 5.74) is 0.444. The van der Waals surface area contributed by atoms with Gasteiger partial charge in [-0.3, -0.25) is 14.9 Å². The topological polar surface area (TPSA) is 98.5 Å². The van der Waals surface area contributed by atoms with Crippen LogP contribution in [0, 0.1) is 16.0 Å². The molecule has 1 aromatic rings. The predicted octanol–water partition coefficient (Wildman–Crippen LogP) is 3.23. The monoisotopic (exact) mass is 360 g/mol. The summed E-state index contributed by atoms with van der Waals surface area (Å²) < 4.78 is 5.12. The lowest BCUT2D eigenvalue weighted by molar-refractivity contribution is -0.384. The zero-order valence-electron chi connectivity index (χ0n) is 15.0. The van der Waals surface area contributed by atoms with E-state index in [0.717, 1.165) is 25.3 Å². The van der Waals surface area contributed by atoms with Crippen LogP contribution in [0.3, 0.4) is 0 Å². The van der Waals surface area contributed by atoms with Crippen molar-refractivity contribution in [2.75, 3.05) is 0 Å². The van der Waals surface area contributed by atoms with Gasteiger partial charge in [-0.25, -0.2) is 4.79 Å². The highest BCUT2D eigenvalue weighted by molar-refractivity contribution is 5.90. The number of benzene rings is 1. The Kier molecular flexibility index (Phi) is 6.89. The molecule has 0 heterocycles. The Hall–Kier alpha value is -2.70. The van der Waals surface area contributed by atoms with Gasteiger partial charge < -0.3 is 10.1 Å². The zero-order chi connectivity index (χ0) is 19.1. The molecule has 1 N–H and O–H groups in total. The van der Waals surface area contributed by atoms with E-state index in [1.165, 1.54) is 37.6 Å². The van der Waals surface area contributed by atoms with Crippen molar-refractivity contribution < 1.29 is 19.2 Å². The van der Waals surface area contributed by atoms with Crippen LogP contribution in [0.25, 0.3) is 6.08 Å². The molecule has 140 valence electrons. The molecule has 3 atom stereocenters. The molecule has 7 nitrogen and oxygen atoms in total. The maximum absolute atomic E-state index is 12.2. The Bertz CT molecular complexity index is 701. The van der Waals surface area contributed by atoms with Crippen LogP contribution < -0.4 is 5.32 Å². The lowest BCUT2D eigenvalue weighted by Gasteiger charge is -2.30. The van der Waals surface area contributed by atoms with Crippen molar-refractivity contribution >= 4 is 23.6 Å². The number of rotatable bonds is 6. The molecule has 0 radical (unpaired) electrons. The molecule has 0 saturated heterocycles. The van der Waals surface area contributed by atoms with Crippen molar-refractivity contribution in [3.63, 3.8) is 0 Å². The quantitative estimate of drug-likeness (QED) is 0.363. The SMILES string of the molecule is C[C@@H]1CCCC[C@H]1NC(=O)[C@@H](C)OC(=O)/C=C/c1cccc([N+](=O)[O-])c1. The molecule has 0 aromatic heterocycles. The molecule has 1 fully saturated rings. The van der Waals surface area contributed by atoms with Crippen LogP contribution in [-0.2, 0) is 14.3 Å². The van der Waals surface area contributed by atoms with Crippen LogP contribution in [0.2, 0.25) is 0 Å². The van der Waals surface area contributed by atoms with Crippen LogP contribution in [0.1, 0.15) is 45.1 Å². The van der Waals surface area contributed by atoms with E-state index < -0.39 is 17.0 Å². The summed E-state index contributed by atoms with van der Waals surface area (Å²) in [6.07, 6.45) is 5.99. The molecule has 1 amide bonds. The van der Waals surface area contributed by atoms with Crippen molar-refractivity contribution in [2.45, 2.75) is 51.7 Å². The summed E-state index contributed by atoms with van der Waals surface area (Å²) in [7, 11) is 0. The van der Waals surface area contributed by atoms with Crippen molar-refractivity contribution in [1.29, 1.82) is 0 Å². The number of nitro groups is 1. The third-order valence-corrected chi connectivity index (χ3v) is 4.59. The molecule has 1 saturated carbocycles. The van der Waals surface area contributed by atoms with Gasteiger partial charge in [-0.2, -0.15) is 0 Å². The van der Waals surface area contributed by atoms with Gasteiger partial charge in [-0.15, -0.1) is 0 Å². The summed E-state index contributed by atoms with van der Waals surface area (Å²) in [5, 5.41) is 13.7. The third-order valence-electron chi connectivity index (χ3n) is 4.59. The highest BCUT2D eigenvalue weighted by Crippen LogP contribution is 2.23. The fraction of sp³-hybridized carbons (Fsp3) is 0.474. The Morgan fingerprint density at radius 2 is 2.08 bits per heavy atom. The van der Waals surface area contributed by atoms with Crippen LogP contribution in [-0.4, -0.2) is 28.9 Å². The zero-order valence-corrected chi connectivity index (χ0v) is 15.0. The molecule has 2 rings (SSSR count). The van der Waals surface area contributed by atoms with Crippen molar-refractivity contribution in [1.82, 2.24) is 5.32 Å². The van der Waals surface area contributed by atoms with Gasteiger partial charge in [0.25, 0.3) is 11.6 Å². The molecule has 1 aliphatic carbocycles. The smallest absolute Gasteiger partial charge is 0.331 e. The average molecular weight is 360 g/mol. The first-order valence-electron chi connectivity index (χ1n) is 8.80. The number of non-ortho nitro benzene ring substituents is 1. The van der Waals surface area contributed by atoms with Gasteiger partial charge in [0.2, 0.25) is 0 Å². The van der Waals surface area contributed by atoms with E-state index in [-0.39, 0.29) is 17.6 Å². The van der Waals surface area contributed by atoms with E-state index in [9.17, 15) is 19.7 Å². The fourth-order valence-electron chi connectivity index (χ4n) is 3.00. The fourth-order valence-corrected chi connectivity index (χ4v) is 3.00. The molecule has 0 spiro atoms. The lowest BCUT2D eigenvalue weighted by atomic mass is 9.86. The maximum atomic E-state index is 12.2. The number of nitrogens with zero attached hydrogens (tertiary/aromatic N) is 1. The number of nitro benzene ring substituents is 1. The second-order valence-corrected chi connectivity index (χ2v) is 6.64. The average Bonchev–Trinajstić information content (AvgIpc) is 2.62. The minimum atomic E-state index is -0.897. The van der Waals surface area contributed by atoms with Gasteiger partial charge >= 0.3 is 5.97 Å². The molecular weight excluding hydrogens is 336 g/mol. The van der Waals surface area contributed by atoms with Crippen LogP contribution in [0.15, 0.2) is 30.3 Å². The number of amides is 1. The molecule has 0 unspecified atom stereocenters. The number of carbonyl (C=O) groups excluding carboxylic acids is 2.